The highest BCUT2D eigenvalue weighted by molar-refractivity contribution is 7.00. The number of aromatic nitrogens is 4. The van der Waals surface area contributed by atoms with E-state index in [1.54, 1.807) is 0 Å². The van der Waals surface area contributed by atoms with E-state index in [2.05, 4.69) is 13.7 Å². The fourth-order valence-electron chi connectivity index (χ4n) is 1.31. The largest absolute Gasteiger partial charge is 0.464 e. The molecule has 0 radical (unpaired) electrons. The SMILES string of the molecule is CC(=O)OCCn1c(=O)[nH]c(=O)c2nsnc21. The van der Waals surface area contributed by atoms with Crippen LogP contribution in [-0.2, 0) is 16.1 Å². The maximum Gasteiger partial charge on any atom is 0.330 e. The highest BCUT2D eigenvalue weighted by Gasteiger charge is 2.11. The van der Waals surface area contributed by atoms with Crippen LogP contribution in [0.15, 0.2) is 9.59 Å². The van der Waals surface area contributed by atoms with E-state index in [0.29, 0.717) is 0 Å². The molecular weight excluding hydrogens is 248 g/mol. The van der Waals surface area contributed by atoms with E-state index in [-0.39, 0.29) is 24.3 Å². The van der Waals surface area contributed by atoms with Gasteiger partial charge in [-0.2, -0.15) is 8.75 Å². The number of carbonyl (C=O) groups is 1. The van der Waals surface area contributed by atoms with Crippen molar-refractivity contribution in [2.24, 2.45) is 0 Å². The van der Waals surface area contributed by atoms with Gasteiger partial charge in [-0.15, -0.1) is 0 Å². The Kier molecular flexibility index (Phi) is 3.00. The molecule has 17 heavy (non-hydrogen) atoms. The standard InChI is InChI=1S/C8H8N4O4S/c1-4(13)16-3-2-12-6-5(10-17-11-6)7(14)9-8(12)15/h2-3H2,1H3,(H,9,14,15). The van der Waals surface area contributed by atoms with Crippen molar-refractivity contribution in [3.05, 3.63) is 20.8 Å². The molecule has 0 atom stereocenters. The highest BCUT2D eigenvalue weighted by atomic mass is 32.1. The Balaban J connectivity index is 2.39. The fourth-order valence-corrected chi connectivity index (χ4v) is 1.86. The molecule has 0 bridgehead atoms. The van der Waals surface area contributed by atoms with Crippen molar-refractivity contribution in [1.82, 2.24) is 18.3 Å². The Morgan fingerprint density at radius 3 is 2.94 bits per heavy atom. The summed E-state index contributed by atoms with van der Waals surface area (Å²) in [5, 5.41) is 0. The summed E-state index contributed by atoms with van der Waals surface area (Å²) in [6.45, 7) is 1.43. The molecular formula is C8H8N4O4S. The summed E-state index contributed by atoms with van der Waals surface area (Å²) < 4.78 is 13.6. The molecule has 0 aromatic carbocycles. The fraction of sp³-hybridized carbons (Fsp3) is 0.375. The number of rotatable bonds is 3. The maximum absolute atomic E-state index is 11.5. The van der Waals surface area contributed by atoms with Gasteiger partial charge in [-0.05, 0) is 0 Å². The molecule has 0 aliphatic rings. The van der Waals surface area contributed by atoms with Gasteiger partial charge in [0.1, 0.15) is 6.61 Å². The molecule has 2 aromatic rings. The minimum absolute atomic E-state index is 0.0356. The van der Waals surface area contributed by atoms with E-state index >= 15 is 0 Å². The summed E-state index contributed by atoms with van der Waals surface area (Å²) in [7, 11) is 0. The van der Waals surface area contributed by atoms with Crippen molar-refractivity contribution >= 4 is 28.9 Å². The van der Waals surface area contributed by atoms with Crippen molar-refractivity contribution in [2.45, 2.75) is 13.5 Å². The molecule has 0 spiro atoms. The van der Waals surface area contributed by atoms with Crippen molar-refractivity contribution in [2.75, 3.05) is 6.61 Å². The number of nitrogens with zero attached hydrogens (tertiary/aromatic N) is 3. The number of nitrogens with one attached hydrogen (secondary N) is 1. The van der Waals surface area contributed by atoms with Gasteiger partial charge in [-0.3, -0.25) is 19.1 Å². The van der Waals surface area contributed by atoms with Crippen LogP contribution in [0.1, 0.15) is 6.92 Å². The van der Waals surface area contributed by atoms with E-state index < -0.39 is 17.2 Å². The van der Waals surface area contributed by atoms with Gasteiger partial charge in [0.15, 0.2) is 11.2 Å². The van der Waals surface area contributed by atoms with Crippen LogP contribution in [0.4, 0.5) is 0 Å². The van der Waals surface area contributed by atoms with Crippen molar-refractivity contribution in [1.29, 1.82) is 0 Å². The van der Waals surface area contributed by atoms with Gasteiger partial charge in [0.25, 0.3) is 5.56 Å². The summed E-state index contributed by atoms with van der Waals surface area (Å²) in [6.07, 6.45) is 0. The summed E-state index contributed by atoms with van der Waals surface area (Å²) in [6, 6.07) is 0. The molecule has 0 aliphatic carbocycles. The first-order valence-corrected chi connectivity index (χ1v) is 5.41. The van der Waals surface area contributed by atoms with Crippen LogP contribution >= 0.6 is 11.7 Å². The molecule has 0 saturated carbocycles. The average molecular weight is 256 g/mol. The van der Waals surface area contributed by atoms with E-state index in [4.69, 9.17) is 4.74 Å². The smallest absolute Gasteiger partial charge is 0.330 e. The third kappa shape index (κ3) is 2.23. The number of ether oxygens (including phenoxy) is 1. The Morgan fingerprint density at radius 2 is 2.24 bits per heavy atom. The van der Waals surface area contributed by atoms with Gasteiger partial charge >= 0.3 is 11.7 Å². The molecule has 0 unspecified atom stereocenters. The molecule has 8 nitrogen and oxygen atoms in total. The van der Waals surface area contributed by atoms with Crippen LogP contribution in [0.25, 0.3) is 11.2 Å². The van der Waals surface area contributed by atoms with Crippen LogP contribution in [0, 0.1) is 0 Å². The van der Waals surface area contributed by atoms with Gasteiger partial charge in [-0.1, -0.05) is 0 Å². The Labute approximate surface area is 98.2 Å². The third-order valence-corrected chi connectivity index (χ3v) is 2.55. The van der Waals surface area contributed by atoms with Gasteiger partial charge in [0.2, 0.25) is 0 Å². The number of hydrogen-bond donors (Lipinski definition) is 1. The van der Waals surface area contributed by atoms with Crippen molar-refractivity contribution < 1.29 is 9.53 Å². The van der Waals surface area contributed by atoms with E-state index in [9.17, 15) is 14.4 Å². The molecule has 2 aromatic heterocycles. The second-order valence-electron chi connectivity index (χ2n) is 3.19. The quantitative estimate of drug-likeness (QED) is 0.713. The maximum atomic E-state index is 11.5. The minimum Gasteiger partial charge on any atom is -0.464 e. The highest BCUT2D eigenvalue weighted by Crippen LogP contribution is 2.03. The van der Waals surface area contributed by atoms with E-state index in [1.165, 1.54) is 11.5 Å². The number of hydrogen-bond acceptors (Lipinski definition) is 7. The first-order chi connectivity index (χ1) is 8.09. The lowest BCUT2D eigenvalue weighted by Crippen LogP contribution is -2.31. The van der Waals surface area contributed by atoms with Gasteiger partial charge < -0.3 is 4.74 Å². The molecule has 0 amide bonds. The van der Waals surface area contributed by atoms with Gasteiger partial charge in [0.05, 0.1) is 18.3 Å². The molecule has 2 heterocycles. The number of fused-ring (bicyclic) bond motifs is 1. The lowest BCUT2D eigenvalue weighted by atomic mass is 10.5. The number of carbonyl (C=O) groups excluding carboxylic acids is 1. The lowest BCUT2D eigenvalue weighted by molar-refractivity contribution is -0.141. The average Bonchev–Trinajstić information content (AvgIpc) is 2.71. The number of esters is 1. The van der Waals surface area contributed by atoms with Crippen LogP contribution < -0.4 is 11.2 Å². The summed E-state index contributed by atoms with van der Waals surface area (Å²) in [5.41, 5.74) is -0.849. The molecule has 1 N–H and O–H groups in total. The Bertz CT molecular complexity index is 670. The summed E-state index contributed by atoms with van der Waals surface area (Å²) in [5.74, 6) is -0.435. The monoisotopic (exact) mass is 256 g/mol. The molecule has 2 rings (SSSR count). The first-order valence-electron chi connectivity index (χ1n) is 4.68. The topological polar surface area (TPSA) is 107 Å². The van der Waals surface area contributed by atoms with Crippen LogP contribution in [-0.4, -0.2) is 30.9 Å². The number of H-pyrrole nitrogens is 1. The normalized spacial score (nSPS) is 10.6. The molecule has 9 heteroatoms. The second kappa shape index (κ2) is 4.45. The minimum atomic E-state index is -0.595. The van der Waals surface area contributed by atoms with Gasteiger partial charge in [-0.25, -0.2) is 4.79 Å². The molecule has 90 valence electrons. The molecule has 0 fully saturated rings. The number of aromatic amines is 1. The zero-order valence-electron chi connectivity index (χ0n) is 8.80. The Morgan fingerprint density at radius 1 is 1.47 bits per heavy atom. The van der Waals surface area contributed by atoms with E-state index in [1.807, 2.05) is 0 Å². The zero-order valence-corrected chi connectivity index (χ0v) is 9.61. The Hall–Kier alpha value is -2.03. The predicted octanol–water partition coefficient (Wildman–Crippen LogP) is -0.896. The summed E-state index contributed by atoms with van der Waals surface area (Å²) in [4.78, 5) is 35.6. The van der Waals surface area contributed by atoms with Crippen LogP contribution in [0.2, 0.25) is 0 Å². The van der Waals surface area contributed by atoms with Crippen LogP contribution in [0.3, 0.4) is 0 Å². The van der Waals surface area contributed by atoms with E-state index in [0.717, 1.165) is 11.7 Å². The second-order valence-corrected chi connectivity index (χ2v) is 3.72. The third-order valence-electron chi connectivity index (χ3n) is 2.03. The molecule has 0 saturated heterocycles. The van der Waals surface area contributed by atoms with Crippen molar-refractivity contribution in [3.63, 3.8) is 0 Å². The van der Waals surface area contributed by atoms with Crippen molar-refractivity contribution in [3.8, 4) is 0 Å². The first kappa shape index (κ1) is 11.5. The summed E-state index contributed by atoms with van der Waals surface area (Å²) >= 11 is 0.842. The zero-order chi connectivity index (χ0) is 12.4. The lowest BCUT2D eigenvalue weighted by Gasteiger charge is -2.05. The predicted molar refractivity (Wildman–Crippen MR) is 58.9 cm³/mol. The van der Waals surface area contributed by atoms with Gasteiger partial charge in [0, 0.05) is 6.92 Å². The van der Waals surface area contributed by atoms with Crippen LogP contribution in [0.5, 0.6) is 0 Å². The molecule has 0 aliphatic heterocycles.